The summed E-state index contributed by atoms with van der Waals surface area (Å²) in [6, 6.07) is 13.1. The van der Waals surface area contributed by atoms with Crippen LogP contribution in [0, 0.1) is 13.8 Å². The topological polar surface area (TPSA) is 58.6 Å². The fraction of sp³-hybridized carbons (Fsp3) is 0.263. The quantitative estimate of drug-likeness (QED) is 0.944. The van der Waals surface area contributed by atoms with E-state index in [9.17, 15) is 9.59 Å². The zero-order valence-electron chi connectivity index (χ0n) is 14.0. The average molecular weight is 324 g/mol. The van der Waals surface area contributed by atoms with Gasteiger partial charge in [-0.3, -0.25) is 14.5 Å². The van der Waals surface area contributed by atoms with Gasteiger partial charge in [0.15, 0.2) is 6.10 Å². The van der Waals surface area contributed by atoms with Gasteiger partial charge < -0.3 is 10.1 Å². The average Bonchev–Trinajstić information content (AvgIpc) is 2.55. The van der Waals surface area contributed by atoms with Crippen LogP contribution in [0.2, 0.25) is 0 Å². The standard InChI is InChI=1S/C19H20N2O3/c1-12-7-6-8-13(2)18(12)20-17(22)11-21-15-9-4-5-10-16(15)24-14(3)19(21)23/h4-10,14H,11H2,1-3H3,(H,20,22)/t14-/m0/s1. The third-order valence-corrected chi connectivity index (χ3v) is 4.12. The maximum atomic E-state index is 12.5. The van der Waals surface area contributed by atoms with Crippen molar-refractivity contribution in [1.29, 1.82) is 0 Å². The van der Waals surface area contributed by atoms with Crippen molar-refractivity contribution in [3.8, 4) is 5.75 Å². The molecule has 0 fully saturated rings. The van der Waals surface area contributed by atoms with Gasteiger partial charge in [-0.25, -0.2) is 0 Å². The van der Waals surface area contributed by atoms with Gasteiger partial charge in [-0.05, 0) is 44.0 Å². The Labute approximate surface area is 141 Å². The number of nitrogens with one attached hydrogen (secondary N) is 1. The molecule has 24 heavy (non-hydrogen) atoms. The van der Waals surface area contributed by atoms with Crippen molar-refractivity contribution in [2.24, 2.45) is 0 Å². The Kier molecular flexibility index (Phi) is 4.25. The SMILES string of the molecule is Cc1cccc(C)c1NC(=O)CN1C(=O)[C@H](C)Oc2ccccc21. The number of aryl methyl sites for hydroxylation is 2. The molecule has 0 aromatic heterocycles. The molecule has 1 N–H and O–H groups in total. The molecule has 2 aromatic rings. The predicted octanol–water partition coefficient (Wildman–Crippen LogP) is 3.06. The van der Waals surface area contributed by atoms with Gasteiger partial charge in [0.25, 0.3) is 5.91 Å². The number of para-hydroxylation sites is 3. The van der Waals surface area contributed by atoms with E-state index >= 15 is 0 Å². The van der Waals surface area contributed by atoms with Crippen molar-refractivity contribution in [2.75, 3.05) is 16.8 Å². The van der Waals surface area contributed by atoms with Crippen molar-refractivity contribution in [3.63, 3.8) is 0 Å². The summed E-state index contributed by atoms with van der Waals surface area (Å²) in [5.74, 6) is 0.166. The summed E-state index contributed by atoms with van der Waals surface area (Å²) in [5.41, 5.74) is 3.40. The molecule has 124 valence electrons. The van der Waals surface area contributed by atoms with Crippen molar-refractivity contribution in [2.45, 2.75) is 26.9 Å². The first kappa shape index (κ1) is 16.1. The highest BCUT2D eigenvalue weighted by molar-refractivity contribution is 6.06. The number of fused-ring (bicyclic) bond motifs is 1. The zero-order valence-corrected chi connectivity index (χ0v) is 14.0. The second kappa shape index (κ2) is 6.35. The molecule has 1 heterocycles. The number of hydrogen-bond donors (Lipinski definition) is 1. The minimum Gasteiger partial charge on any atom is -0.479 e. The van der Waals surface area contributed by atoms with E-state index in [4.69, 9.17) is 4.74 Å². The van der Waals surface area contributed by atoms with Crippen LogP contribution in [-0.4, -0.2) is 24.5 Å². The smallest absolute Gasteiger partial charge is 0.268 e. The van der Waals surface area contributed by atoms with Crippen LogP contribution in [0.5, 0.6) is 5.75 Å². The summed E-state index contributed by atoms with van der Waals surface area (Å²) in [6.07, 6.45) is -0.604. The molecule has 0 bridgehead atoms. The summed E-state index contributed by atoms with van der Waals surface area (Å²) in [4.78, 5) is 26.4. The fourth-order valence-corrected chi connectivity index (χ4v) is 2.86. The number of ether oxygens (including phenoxy) is 1. The molecule has 5 nitrogen and oxygen atoms in total. The van der Waals surface area contributed by atoms with E-state index in [-0.39, 0.29) is 18.4 Å². The highest BCUT2D eigenvalue weighted by atomic mass is 16.5. The molecule has 1 aliphatic heterocycles. The molecule has 3 rings (SSSR count). The molecule has 0 spiro atoms. The van der Waals surface area contributed by atoms with E-state index in [1.165, 1.54) is 4.90 Å². The zero-order chi connectivity index (χ0) is 17.3. The number of amides is 2. The fourth-order valence-electron chi connectivity index (χ4n) is 2.86. The van der Waals surface area contributed by atoms with Gasteiger partial charge in [-0.1, -0.05) is 30.3 Å². The van der Waals surface area contributed by atoms with Gasteiger partial charge in [0, 0.05) is 5.69 Å². The van der Waals surface area contributed by atoms with Gasteiger partial charge in [-0.2, -0.15) is 0 Å². The van der Waals surface area contributed by atoms with Crippen LogP contribution in [0.4, 0.5) is 11.4 Å². The minimum absolute atomic E-state index is 0.0443. The molecule has 2 amide bonds. The Hall–Kier alpha value is -2.82. The second-order valence-electron chi connectivity index (χ2n) is 5.97. The van der Waals surface area contributed by atoms with Crippen LogP contribution >= 0.6 is 0 Å². The van der Waals surface area contributed by atoms with Crippen LogP contribution in [0.1, 0.15) is 18.1 Å². The lowest BCUT2D eigenvalue weighted by Crippen LogP contribution is -2.47. The van der Waals surface area contributed by atoms with E-state index < -0.39 is 6.10 Å². The van der Waals surface area contributed by atoms with Crippen molar-refractivity contribution in [3.05, 3.63) is 53.6 Å². The number of carbonyl (C=O) groups excluding carboxylic acids is 2. The molecule has 0 aliphatic carbocycles. The molecule has 0 radical (unpaired) electrons. The number of rotatable bonds is 3. The summed E-state index contributed by atoms with van der Waals surface area (Å²) in [7, 11) is 0. The maximum absolute atomic E-state index is 12.5. The number of hydrogen-bond acceptors (Lipinski definition) is 3. The monoisotopic (exact) mass is 324 g/mol. The molecule has 1 atom stereocenters. The van der Waals surface area contributed by atoms with Gasteiger partial charge in [-0.15, -0.1) is 0 Å². The van der Waals surface area contributed by atoms with E-state index in [1.54, 1.807) is 19.1 Å². The van der Waals surface area contributed by atoms with E-state index in [0.29, 0.717) is 11.4 Å². The Balaban J connectivity index is 1.82. The number of nitrogens with zero attached hydrogens (tertiary/aromatic N) is 1. The maximum Gasteiger partial charge on any atom is 0.268 e. The highest BCUT2D eigenvalue weighted by Crippen LogP contribution is 2.33. The van der Waals surface area contributed by atoms with Gasteiger partial charge in [0.1, 0.15) is 12.3 Å². The summed E-state index contributed by atoms with van der Waals surface area (Å²) in [5, 5.41) is 2.92. The summed E-state index contributed by atoms with van der Waals surface area (Å²) in [6.45, 7) is 5.53. The lowest BCUT2D eigenvalue weighted by molar-refractivity contribution is -0.127. The predicted molar refractivity (Wildman–Crippen MR) is 93.4 cm³/mol. The minimum atomic E-state index is -0.604. The van der Waals surface area contributed by atoms with Crippen LogP contribution in [-0.2, 0) is 9.59 Å². The molecule has 0 saturated heterocycles. The molecule has 5 heteroatoms. The normalized spacial score (nSPS) is 16.4. The Morgan fingerprint density at radius 3 is 2.50 bits per heavy atom. The first-order valence-electron chi connectivity index (χ1n) is 7.90. The van der Waals surface area contributed by atoms with Crippen molar-refractivity contribution in [1.82, 2.24) is 0 Å². The molecule has 0 saturated carbocycles. The van der Waals surface area contributed by atoms with E-state index in [0.717, 1.165) is 16.8 Å². The molecule has 2 aromatic carbocycles. The largest absolute Gasteiger partial charge is 0.479 e. The van der Waals surface area contributed by atoms with Gasteiger partial charge in [0.05, 0.1) is 5.69 Å². The van der Waals surface area contributed by atoms with Crippen LogP contribution < -0.4 is 15.0 Å². The van der Waals surface area contributed by atoms with Crippen molar-refractivity contribution >= 4 is 23.2 Å². The van der Waals surface area contributed by atoms with E-state index in [2.05, 4.69) is 5.32 Å². The lowest BCUT2D eigenvalue weighted by Gasteiger charge is -2.32. The summed E-state index contributed by atoms with van der Waals surface area (Å²) >= 11 is 0. The first-order chi connectivity index (χ1) is 11.5. The Bertz CT molecular complexity index is 781. The van der Waals surface area contributed by atoms with Crippen molar-refractivity contribution < 1.29 is 14.3 Å². The highest BCUT2D eigenvalue weighted by Gasteiger charge is 2.32. The van der Waals surface area contributed by atoms with Crippen LogP contribution in [0.25, 0.3) is 0 Å². The lowest BCUT2D eigenvalue weighted by atomic mass is 10.1. The third-order valence-electron chi connectivity index (χ3n) is 4.12. The van der Waals surface area contributed by atoms with Gasteiger partial charge in [0.2, 0.25) is 5.91 Å². The summed E-state index contributed by atoms with van der Waals surface area (Å²) < 4.78 is 5.59. The number of anilines is 2. The second-order valence-corrected chi connectivity index (χ2v) is 5.97. The van der Waals surface area contributed by atoms with Crippen LogP contribution in [0.15, 0.2) is 42.5 Å². The molecular formula is C19H20N2O3. The molecule has 0 unspecified atom stereocenters. The van der Waals surface area contributed by atoms with Gasteiger partial charge >= 0.3 is 0 Å². The van der Waals surface area contributed by atoms with E-state index in [1.807, 2.05) is 44.2 Å². The third kappa shape index (κ3) is 2.97. The Morgan fingerprint density at radius 2 is 1.79 bits per heavy atom. The Morgan fingerprint density at radius 1 is 1.12 bits per heavy atom. The molecule has 1 aliphatic rings. The first-order valence-corrected chi connectivity index (χ1v) is 7.90. The molecular weight excluding hydrogens is 304 g/mol. The number of benzene rings is 2. The van der Waals surface area contributed by atoms with Crippen LogP contribution in [0.3, 0.4) is 0 Å². The number of carbonyl (C=O) groups is 2.